The Morgan fingerprint density at radius 1 is 1.16 bits per heavy atom. The van der Waals surface area contributed by atoms with E-state index in [0.29, 0.717) is 0 Å². The van der Waals surface area contributed by atoms with E-state index in [0.717, 1.165) is 9.32 Å². The quantitative estimate of drug-likeness (QED) is 0.356. The van der Waals surface area contributed by atoms with Crippen LogP contribution in [0.2, 0.25) is 0 Å². The highest BCUT2D eigenvalue weighted by atomic mass is 127. The summed E-state index contributed by atoms with van der Waals surface area (Å²) in [6.07, 6.45) is 3.91. The van der Waals surface area contributed by atoms with E-state index < -0.39 is 0 Å². The summed E-state index contributed by atoms with van der Waals surface area (Å²) in [4.78, 5) is 1.35. The third kappa shape index (κ3) is 3.78. The second-order valence-corrected chi connectivity index (χ2v) is 6.85. The van der Waals surface area contributed by atoms with Crippen molar-refractivity contribution >= 4 is 45.1 Å². The summed E-state index contributed by atoms with van der Waals surface area (Å²) in [6, 6.07) is 10.9. The first-order chi connectivity index (χ1) is 9.26. The van der Waals surface area contributed by atoms with Crippen molar-refractivity contribution in [2.75, 3.05) is 12.9 Å². The van der Waals surface area contributed by atoms with E-state index >= 15 is 0 Å². The lowest BCUT2D eigenvalue weighted by Gasteiger charge is -2.09. The largest absolute Gasteiger partial charge is 0.495 e. The van der Waals surface area contributed by atoms with Gasteiger partial charge in [-0.15, -0.1) is 11.8 Å². The molecule has 0 saturated carbocycles. The Morgan fingerprint density at radius 2 is 2.00 bits per heavy atom. The Bertz CT molecular complexity index is 554. The number of hydrogen-bond acceptors (Lipinski definition) is 2. The molecule has 2 aromatic rings. The van der Waals surface area contributed by atoms with Crippen molar-refractivity contribution < 1.29 is 4.74 Å². The van der Waals surface area contributed by atoms with Gasteiger partial charge in [-0.05, 0) is 64.4 Å². The van der Waals surface area contributed by atoms with Crippen LogP contribution in [0, 0.1) is 3.57 Å². The third-order valence-corrected chi connectivity index (χ3v) is 5.04. The lowest BCUT2D eigenvalue weighted by Crippen LogP contribution is -1.89. The van der Waals surface area contributed by atoms with Crippen molar-refractivity contribution in [3.8, 4) is 5.75 Å². The van der Waals surface area contributed by atoms with Crippen LogP contribution in [-0.4, -0.2) is 12.9 Å². The van der Waals surface area contributed by atoms with Gasteiger partial charge in [0.2, 0.25) is 0 Å². The van der Waals surface area contributed by atoms with Crippen molar-refractivity contribution in [2.24, 2.45) is 0 Å². The van der Waals surface area contributed by atoms with Crippen molar-refractivity contribution in [2.45, 2.75) is 31.1 Å². The van der Waals surface area contributed by atoms with Gasteiger partial charge in [0.05, 0.1) is 10.7 Å². The summed E-state index contributed by atoms with van der Waals surface area (Å²) < 4.78 is 6.66. The molecule has 0 bridgehead atoms. The van der Waals surface area contributed by atoms with Crippen LogP contribution in [0.25, 0.3) is 10.8 Å². The van der Waals surface area contributed by atoms with Crippen molar-refractivity contribution in [1.82, 2.24) is 0 Å². The highest BCUT2D eigenvalue weighted by Gasteiger charge is 2.06. The van der Waals surface area contributed by atoms with Crippen LogP contribution in [0.15, 0.2) is 35.2 Å². The fraction of sp³-hybridized carbons (Fsp3) is 0.375. The highest BCUT2D eigenvalue weighted by molar-refractivity contribution is 14.1. The van der Waals surface area contributed by atoms with Gasteiger partial charge < -0.3 is 4.74 Å². The zero-order valence-electron chi connectivity index (χ0n) is 11.4. The van der Waals surface area contributed by atoms with E-state index in [1.54, 1.807) is 7.11 Å². The minimum Gasteiger partial charge on any atom is -0.495 e. The summed E-state index contributed by atoms with van der Waals surface area (Å²) in [7, 11) is 1.74. The summed E-state index contributed by atoms with van der Waals surface area (Å²) in [5.74, 6) is 2.20. The van der Waals surface area contributed by atoms with Crippen LogP contribution < -0.4 is 4.74 Å². The molecular formula is C16H19IOS. The molecule has 0 amide bonds. The maximum Gasteiger partial charge on any atom is 0.139 e. The Morgan fingerprint density at radius 3 is 2.74 bits per heavy atom. The van der Waals surface area contributed by atoms with E-state index in [4.69, 9.17) is 4.74 Å². The molecule has 0 unspecified atom stereocenters. The van der Waals surface area contributed by atoms with Gasteiger partial charge in [0.15, 0.2) is 0 Å². The SMILES string of the molecule is CCCCCSc1ccc2c(OC)c(I)ccc2c1. The number of rotatable bonds is 6. The van der Waals surface area contributed by atoms with E-state index in [1.807, 2.05) is 11.8 Å². The molecular weight excluding hydrogens is 367 g/mol. The van der Waals surface area contributed by atoms with Gasteiger partial charge in [0, 0.05) is 10.3 Å². The smallest absolute Gasteiger partial charge is 0.139 e. The van der Waals surface area contributed by atoms with Crippen LogP contribution in [0.3, 0.4) is 0 Å². The molecule has 19 heavy (non-hydrogen) atoms. The second kappa shape index (κ2) is 7.39. The van der Waals surface area contributed by atoms with Crippen LogP contribution in [-0.2, 0) is 0 Å². The van der Waals surface area contributed by atoms with Gasteiger partial charge in [-0.25, -0.2) is 0 Å². The van der Waals surface area contributed by atoms with Gasteiger partial charge in [-0.2, -0.15) is 0 Å². The monoisotopic (exact) mass is 386 g/mol. The highest BCUT2D eigenvalue weighted by Crippen LogP contribution is 2.33. The van der Waals surface area contributed by atoms with Gasteiger partial charge >= 0.3 is 0 Å². The molecule has 0 aliphatic rings. The molecule has 0 saturated heterocycles. The molecule has 2 aromatic carbocycles. The maximum absolute atomic E-state index is 5.50. The van der Waals surface area contributed by atoms with E-state index in [9.17, 15) is 0 Å². The number of thioether (sulfide) groups is 1. The molecule has 2 rings (SSSR count). The maximum atomic E-state index is 5.50. The summed E-state index contributed by atoms with van der Waals surface area (Å²) in [5.41, 5.74) is 0. The Kier molecular flexibility index (Phi) is 5.82. The summed E-state index contributed by atoms with van der Waals surface area (Å²) in [6.45, 7) is 2.24. The number of halogens is 1. The second-order valence-electron chi connectivity index (χ2n) is 4.52. The molecule has 0 spiro atoms. The molecule has 0 atom stereocenters. The molecule has 0 aromatic heterocycles. The van der Waals surface area contributed by atoms with E-state index in [1.165, 1.54) is 40.7 Å². The molecule has 0 fully saturated rings. The first kappa shape index (κ1) is 15.0. The van der Waals surface area contributed by atoms with E-state index in [2.05, 4.69) is 59.8 Å². The van der Waals surface area contributed by atoms with Crippen LogP contribution in [0.4, 0.5) is 0 Å². The minimum atomic E-state index is 0.987. The fourth-order valence-corrected chi connectivity index (χ4v) is 3.74. The van der Waals surface area contributed by atoms with Crippen LogP contribution in [0.1, 0.15) is 26.2 Å². The molecule has 1 nitrogen and oxygen atoms in total. The lowest BCUT2D eigenvalue weighted by molar-refractivity contribution is 0.417. The van der Waals surface area contributed by atoms with Crippen LogP contribution in [0.5, 0.6) is 5.75 Å². The zero-order valence-corrected chi connectivity index (χ0v) is 14.4. The van der Waals surface area contributed by atoms with Gasteiger partial charge in [0.25, 0.3) is 0 Å². The number of methoxy groups -OCH3 is 1. The summed E-state index contributed by atoms with van der Waals surface area (Å²) >= 11 is 4.27. The Labute approximate surface area is 133 Å². The Hall–Kier alpha value is -0.420. The van der Waals surface area contributed by atoms with Crippen molar-refractivity contribution in [3.63, 3.8) is 0 Å². The topological polar surface area (TPSA) is 9.23 Å². The average molecular weight is 386 g/mol. The molecule has 102 valence electrons. The predicted molar refractivity (Wildman–Crippen MR) is 93.5 cm³/mol. The standard InChI is InChI=1S/C16H19IOS/c1-3-4-5-10-19-13-7-8-14-12(11-13)6-9-15(17)16(14)18-2/h6-9,11H,3-5,10H2,1-2H3. The number of hydrogen-bond donors (Lipinski definition) is 0. The Balaban J connectivity index is 2.19. The molecule has 0 aliphatic heterocycles. The number of fused-ring (bicyclic) bond motifs is 1. The van der Waals surface area contributed by atoms with E-state index in [-0.39, 0.29) is 0 Å². The van der Waals surface area contributed by atoms with Gasteiger partial charge in [-0.3, -0.25) is 0 Å². The normalized spacial score (nSPS) is 10.9. The summed E-state index contributed by atoms with van der Waals surface area (Å²) in [5, 5.41) is 2.46. The average Bonchev–Trinajstić information content (AvgIpc) is 2.43. The fourth-order valence-electron chi connectivity index (χ4n) is 2.09. The number of unbranched alkanes of at least 4 members (excludes halogenated alkanes) is 2. The van der Waals surface area contributed by atoms with Crippen molar-refractivity contribution in [3.05, 3.63) is 33.9 Å². The number of ether oxygens (including phenoxy) is 1. The number of benzene rings is 2. The van der Waals surface area contributed by atoms with Gasteiger partial charge in [0.1, 0.15) is 5.75 Å². The third-order valence-electron chi connectivity index (χ3n) is 3.11. The first-order valence-corrected chi connectivity index (χ1v) is 8.71. The van der Waals surface area contributed by atoms with Gasteiger partial charge in [-0.1, -0.05) is 25.8 Å². The molecule has 0 aliphatic carbocycles. The zero-order chi connectivity index (χ0) is 13.7. The first-order valence-electron chi connectivity index (χ1n) is 6.65. The van der Waals surface area contributed by atoms with Crippen LogP contribution >= 0.6 is 34.4 Å². The lowest BCUT2D eigenvalue weighted by atomic mass is 10.1. The minimum absolute atomic E-state index is 0.987. The molecule has 3 heteroatoms. The molecule has 0 N–H and O–H groups in total. The molecule has 0 heterocycles. The predicted octanol–water partition coefficient (Wildman–Crippen LogP) is 5.74. The molecule has 0 radical (unpaired) electrons. The van der Waals surface area contributed by atoms with Crippen molar-refractivity contribution in [1.29, 1.82) is 0 Å².